The Hall–Kier alpha value is -3.06. The van der Waals surface area contributed by atoms with Crippen molar-refractivity contribution in [2.75, 3.05) is 25.6 Å². The number of methoxy groups -OCH3 is 1. The zero-order valence-electron chi connectivity index (χ0n) is 25.3. The van der Waals surface area contributed by atoms with Gasteiger partial charge >= 0.3 is 0 Å². The molecule has 0 aliphatic rings. The molecule has 0 aliphatic heterocycles. The van der Waals surface area contributed by atoms with Crippen LogP contribution < -0.4 is 24.1 Å². The minimum absolute atomic E-state index is 0.107. The smallest absolute Gasteiger partial charge is 0.262 e. The summed E-state index contributed by atoms with van der Waals surface area (Å²) in [7, 11) is 1.63. The summed E-state index contributed by atoms with van der Waals surface area (Å²) in [6, 6.07) is 13.3. The average Bonchev–Trinajstić information content (AvgIpc) is 3.38. The molecule has 41 heavy (non-hydrogen) atoms. The fourth-order valence-electron chi connectivity index (χ4n) is 4.80. The second-order valence-electron chi connectivity index (χ2n) is 10.6. The number of carbonyl (C=O) groups is 1. The number of nitrogens with one attached hydrogen (secondary N) is 1. The molecule has 0 bridgehead atoms. The Labute approximate surface area is 251 Å². The van der Waals surface area contributed by atoms with Crippen LogP contribution in [0.2, 0.25) is 0 Å². The van der Waals surface area contributed by atoms with Crippen LogP contribution in [0.15, 0.2) is 54.0 Å². The number of thiazole rings is 1. The Morgan fingerprint density at radius 2 is 1.56 bits per heavy atom. The number of ether oxygens (including phenoxy) is 3. The number of amides is 1. The van der Waals surface area contributed by atoms with Crippen LogP contribution in [-0.4, -0.2) is 26.2 Å². The predicted octanol–water partition coefficient (Wildman–Crippen LogP) is 8.50. The van der Waals surface area contributed by atoms with Gasteiger partial charge in [0.2, 0.25) is 5.01 Å². The summed E-state index contributed by atoms with van der Waals surface area (Å²) in [6.07, 6.45) is 17.7. The van der Waals surface area contributed by atoms with Gasteiger partial charge in [0.25, 0.3) is 5.91 Å². The lowest BCUT2D eigenvalue weighted by Gasteiger charge is -2.14. The molecule has 0 saturated carbocycles. The third-order valence-electron chi connectivity index (χ3n) is 7.21. The lowest BCUT2D eigenvalue weighted by molar-refractivity contribution is -0.689. The number of aryl methyl sites for hydroxylation is 1. The van der Waals surface area contributed by atoms with Gasteiger partial charge in [-0.05, 0) is 30.7 Å². The number of unbranched alkanes of at least 4 members (excludes halogenated alkanes) is 11. The third kappa shape index (κ3) is 12.6. The first-order chi connectivity index (χ1) is 20.1. The lowest BCUT2D eigenvalue weighted by atomic mass is 10.1. The normalized spacial score (nSPS) is 10.9. The molecule has 224 valence electrons. The van der Waals surface area contributed by atoms with E-state index in [1.807, 2.05) is 30.3 Å². The maximum absolute atomic E-state index is 12.7. The summed E-state index contributed by atoms with van der Waals surface area (Å²) in [6.45, 7) is 5.64. The second-order valence-corrected chi connectivity index (χ2v) is 11.7. The zero-order chi connectivity index (χ0) is 29.1. The first-order valence-electron chi connectivity index (χ1n) is 15.3. The Morgan fingerprint density at radius 3 is 2.22 bits per heavy atom. The topological polar surface area (TPSA) is 60.7 Å². The molecular formula is C34H49N2O4S+. The third-order valence-corrected chi connectivity index (χ3v) is 8.05. The van der Waals surface area contributed by atoms with Crippen molar-refractivity contribution in [3.8, 4) is 17.2 Å². The highest BCUT2D eigenvalue weighted by molar-refractivity contribution is 7.09. The average molecular weight is 582 g/mol. The Balaban J connectivity index is 1.37. The van der Waals surface area contributed by atoms with E-state index in [2.05, 4.69) is 41.4 Å². The number of nitrogens with zero attached hydrogens (tertiary/aromatic N) is 1. The fourth-order valence-corrected chi connectivity index (χ4v) is 5.46. The Bertz CT molecular complexity index is 1160. The van der Waals surface area contributed by atoms with Gasteiger partial charge in [-0.2, -0.15) is 4.57 Å². The largest absolute Gasteiger partial charge is 0.497 e. The van der Waals surface area contributed by atoms with Crippen LogP contribution in [0.4, 0.5) is 5.69 Å². The van der Waals surface area contributed by atoms with Crippen LogP contribution in [0, 0.1) is 6.92 Å². The molecule has 0 spiro atoms. The van der Waals surface area contributed by atoms with Crippen molar-refractivity contribution in [2.45, 2.75) is 97.4 Å². The maximum Gasteiger partial charge on any atom is 0.262 e. The second kappa shape index (κ2) is 19.1. The van der Waals surface area contributed by atoms with Gasteiger partial charge in [-0.15, -0.1) is 0 Å². The summed E-state index contributed by atoms with van der Waals surface area (Å²) in [5.74, 6) is 1.62. The van der Waals surface area contributed by atoms with Crippen molar-refractivity contribution in [2.24, 2.45) is 0 Å². The van der Waals surface area contributed by atoms with E-state index in [9.17, 15) is 4.79 Å². The molecule has 2 aromatic carbocycles. The molecule has 3 aromatic rings. The van der Waals surface area contributed by atoms with Crippen LogP contribution >= 0.6 is 11.3 Å². The summed E-state index contributed by atoms with van der Waals surface area (Å²) in [4.78, 5) is 12.7. The molecule has 0 aliphatic carbocycles. The number of hydrogen-bond donors (Lipinski definition) is 1. The van der Waals surface area contributed by atoms with Crippen molar-refractivity contribution in [1.82, 2.24) is 0 Å². The summed E-state index contributed by atoms with van der Waals surface area (Å²) in [5.41, 5.74) is 1.88. The molecule has 0 unspecified atom stereocenters. The van der Waals surface area contributed by atoms with Gasteiger partial charge in [0.15, 0.2) is 30.8 Å². The minimum atomic E-state index is -0.218. The number of rotatable bonds is 21. The highest BCUT2D eigenvalue weighted by Crippen LogP contribution is 2.32. The van der Waals surface area contributed by atoms with Crippen molar-refractivity contribution < 1.29 is 23.6 Å². The molecule has 0 atom stereocenters. The van der Waals surface area contributed by atoms with Gasteiger partial charge < -0.3 is 19.5 Å². The highest BCUT2D eigenvalue weighted by Gasteiger charge is 2.12. The number of hydrogen-bond acceptors (Lipinski definition) is 5. The van der Waals surface area contributed by atoms with E-state index in [1.54, 1.807) is 24.5 Å². The molecule has 1 amide bonds. The molecular weight excluding hydrogens is 532 g/mol. The summed E-state index contributed by atoms with van der Waals surface area (Å²) >= 11 is 1.72. The lowest BCUT2D eigenvalue weighted by Crippen LogP contribution is -2.34. The van der Waals surface area contributed by atoms with Crippen LogP contribution in [-0.2, 0) is 11.3 Å². The quantitative estimate of drug-likeness (QED) is 0.101. The van der Waals surface area contributed by atoms with Crippen molar-refractivity contribution >= 4 is 22.9 Å². The van der Waals surface area contributed by atoms with Crippen molar-refractivity contribution in [3.63, 3.8) is 0 Å². The van der Waals surface area contributed by atoms with Crippen LogP contribution in [0.3, 0.4) is 0 Å². The van der Waals surface area contributed by atoms with Gasteiger partial charge in [-0.1, -0.05) is 101 Å². The first-order valence-corrected chi connectivity index (χ1v) is 16.2. The summed E-state index contributed by atoms with van der Waals surface area (Å²) < 4.78 is 19.5. The number of carbonyl (C=O) groups excluding carboxylic acids is 1. The SMILES string of the molecule is CCCCCCCCCCCCCCOc1cc(OC)ccc1OCC(=O)Nc1cccc(C[n+]2ccsc2C)c1. The fraction of sp³-hybridized carbons (Fsp3) is 0.529. The number of benzene rings is 2. The van der Waals surface area contributed by atoms with Crippen molar-refractivity contribution in [3.05, 3.63) is 64.6 Å². The molecule has 1 heterocycles. The van der Waals surface area contributed by atoms with E-state index >= 15 is 0 Å². The monoisotopic (exact) mass is 581 g/mol. The van der Waals surface area contributed by atoms with E-state index in [0.717, 1.165) is 30.6 Å². The van der Waals surface area contributed by atoms with E-state index < -0.39 is 0 Å². The highest BCUT2D eigenvalue weighted by atomic mass is 32.1. The van der Waals surface area contributed by atoms with E-state index in [0.29, 0.717) is 23.9 Å². The molecule has 0 radical (unpaired) electrons. The van der Waals surface area contributed by atoms with Crippen LogP contribution in [0.1, 0.15) is 94.5 Å². The van der Waals surface area contributed by atoms with E-state index in [1.165, 1.54) is 69.2 Å². The molecule has 3 rings (SSSR count). The molecule has 1 N–H and O–H groups in total. The summed E-state index contributed by atoms with van der Waals surface area (Å²) in [5, 5.41) is 6.27. The molecule has 1 aromatic heterocycles. The van der Waals surface area contributed by atoms with Crippen molar-refractivity contribution in [1.29, 1.82) is 0 Å². The minimum Gasteiger partial charge on any atom is -0.497 e. The van der Waals surface area contributed by atoms with Gasteiger partial charge in [-0.25, -0.2) is 0 Å². The van der Waals surface area contributed by atoms with Gasteiger partial charge in [0.05, 0.1) is 19.1 Å². The standard InChI is InChI=1S/C34H48N2O4S/c1-4-5-6-7-8-9-10-11-12-13-14-15-22-39-33-25-31(38-3)19-20-32(33)40-27-34(37)35-30-18-16-17-29(24-30)26-36-21-23-41-28(36)2/h16-21,23-25H,4-15,22,26-27H2,1-3H3/p+1. The molecule has 0 fully saturated rings. The van der Waals surface area contributed by atoms with Crippen LogP contribution in [0.25, 0.3) is 0 Å². The van der Waals surface area contributed by atoms with Gasteiger partial charge in [-0.3, -0.25) is 4.79 Å². The van der Waals surface area contributed by atoms with Gasteiger partial charge in [0.1, 0.15) is 5.75 Å². The first kappa shape index (κ1) is 32.5. The molecule has 0 saturated heterocycles. The maximum atomic E-state index is 12.7. The number of aromatic nitrogens is 1. The zero-order valence-corrected chi connectivity index (χ0v) is 26.1. The van der Waals surface area contributed by atoms with Gasteiger partial charge in [0, 0.05) is 24.2 Å². The number of anilines is 1. The van der Waals surface area contributed by atoms with E-state index in [4.69, 9.17) is 14.2 Å². The Morgan fingerprint density at radius 1 is 0.854 bits per heavy atom. The molecule has 7 heteroatoms. The Kier molecular flexibility index (Phi) is 15.1. The molecule has 6 nitrogen and oxygen atoms in total. The van der Waals surface area contributed by atoms with Crippen LogP contribution in [0.5, 0.6) is 17.2 Å². The van der Waals surface area contributed by atoms with E-state index in [-0.39, 0.29) is 12.5 Å². The predicted molar refractivity (Wildman–Crippen MR) is 168 cm³/mol.